The maximum Gasteiger partial charge on any atom is 0.219 e. The summed E-state index contributed by atoms with van der Waals surface area (Å²) < 4.78 is 0. The van der Waals surface area contributed by atoms with Crippen LogP contribution in [0.2, 0.25) is 0 Å². The highest BCUT2D eigenvalue weighted by molar-refractivity contribution is 7.80. The van der Waals surface area contributed by atoms with E-state index in [2.05, 4.69) is 11.0 Å². The second-order valence-corrected chi connectivity index (χ2v) is 5.29. The molecule has 0 atom stereocenters. The number of nitrogens with zero attached hydrogens (tertiary/aromatic N) is 2. The number of carbonyl (C=O) groups is 1. The molecule has 0 unspecified atom stereocenters. The molecule has 0 bridgehead atoms. The van der Waals surface area contributed by atoms with Gasteiger partial charge in [0.05, 0.1) is 0 Å². The molecule has 1 saturated heterocycles. The van der Waals surface area contributed by atoms with Gasteiger partial charge in [-0.3, -0.25) is 9.69 Å². The molecule has 0 aromatic heterocycles. The minimum Gasteiger partial charge on any atom is -0.389 e. The van der Waals surface area contributed by atoms with Gasteiger partial charge in [0.25, 0.3) is 0 Å². The maximum atomic E-state index is 11.3. The van der Waals surface area contributed by atoms with Crippen LogP contribution in [-0.4, -0.2) is 46.9 Å². The molecule has 1 amide bonds. The van der Waals surface area contributed by atoms with E-state index in [1.807, 2.05) is 23.1 Å². The molecule has 0 aliphatic carbocycles. The summed E-state index contributed by atoms with van der Waals surface area (Å²) in [5.41, 5.74) is 7.76. The Morgan fingerprint density at radius 3 is 2.58 bits per heavy atom. The zero-order valence-electron chi connectivity index (χ0n) is 11.1. The summed E-state index contributed by atoms with van der Waals surface area (Å²) in [6, 6.07) is 8.04. The van der Waals surface area contributed by atoms with E-state index in [0.29, 0.717) is 4.99 Å². The van der Waals surface area contributed by atoms with Crippen LogP contribution in [0.5, 0.6) is 0 Å². The molecule has 0 saturated carbocycles. The molecule has 102 valence electrons. The number of piperazine rings is 1. The lowest BCUT2D eigenvalue weighted by molar-refractivity contribution is -0.130. The first-order chi connectivity index (χ1) is 9.06. The number of rotatable bonds is 3. The van der Waals surface area contributed by atoms with Gasteiger partial charge in [-0.25, -0.2) is 0 Å². The first kappa shape index (κ1) is 14.0. The summed E-state index contributed by atoms with van der Waals surface area (Å²) in [6.07, 6.45) is 0. The van der Waals surface area contributed by atoms with E-state index in [0.717, 1.165) is 38.3 Å². The summed E-state index contributed by atoms with van der Waals surface area (Å²) >= 11 is 4.99. The van der Waals surface area contributed by atoms with Crippen molar-refractivity contribution in [3.8, 4) is 0 Å². The average molecular weight is 277 g/mol. The summed E-state index contributed by atoms with van der Waals surface area (Å²) in [5.74, 6) is 0.162. The predicted octanol–water partition coefficient (Wildman–Crippen LogP) is 0.985. The van der Waals surface area contributed by atoms with Crippen LogP contribution in [0.15, 0.2) is 24.3 Å². The standard InChI is InChI=1S/C14H19N3OS/c1-11(18)17-7-5-16(6-8-17)10-12-3-2-4-13(9-12)14(15)19/h2-4,9H,5-8,10H2,1H3,(H2,15,19). The van der Waals surface area contributed by atoms with Gasteiger partial charge in [-0.1, -0.05) is 30.4 Å². The molecule has 0 spiro atoms. The molecule has 1 aliphatic heterocycles. The molecule has 1 aromatic carbocycles. The van der Waals surface area contributed by atoms with Crippen molar-refractivity contribution in [3.05, 3.63) is 35.4 Å². The predicted molar refractivity (Wildman–Crippen MR) is 79.9 cm³/mol. The highest BCUT2D eigenvalue weighted by Crippen LogP contribution is 2.11. The van der Waals surface area contributed by atoms with Crippen LogP contribution in [0.3, 0.4) is 0 Å². The van der Waals surface area contributed by atoms with Crippen molar-refractivity contribution >= 4 is 23.1 Å². The van der Waals surface area contributed by atoms with Gasteiger partial charge in [-0.15, -0.1) is 0 Å². The Bertz CT molecular complexity index is 481. The lowest BCUT2D eigenvalue weighted by atomic mass is 10.1. The Morgan fingerprint density at radius 2 is 2.00 bits per heavy atom. The second kappa shape index (κ2) is 6.12. The number of amides is 1. The van der Waals surface area contributed by atoms with Crippen LogP contribution in [0, 0.1) is 0 Å². The molecule has 2 rings (SSSR count). The van der Waals surface area contributed by atoms with E-state index >= 15 is 0 Å². The van der Waals surface area contributed by atoms with E-state index in [9.17, 15) is 4.79 Å². The van der Waals surface area contributed by atoms with Crippen LogP contribution < -0.4 is 5.73 Å². The molecule has 1 aromatic rings. The van der Waals surface area contributed by atoms with Gasteiger partial charge in [-0.2, -0.15) is 0 Å². The minimum atomic E-state index is 0.162. The van der Waals surface area contributed by atoms with Gasteiger partial charge in [0.2, 0.25) is 5.91 Å². The second-order valence-electron chi connectivity index (χ2n) is 4.85. The van der Waals surface area contributed by atoms with E-state index in [1.165, 1.54) is 5.56 Å². The molecule has 1 heterocycles. The Morgan fingerprint density at radius 1 is 1.32 bits per heavy atom. The van der Waals surface area contributed by atoms with Crippen molar-refractivity contribution in [1.29, 1.82) is 0 Å². The van der Waals surface area contributed by atoms with Crippen molar-refractivity contribution in [2.45, 2.75) is 13.5 Å². The lowest BCUT2D eigenvalue weighted by Gasteiger charge is -2.34. The third-order valence-corrected chi connectivity index (χ3v) is 3.67. The first-order valence-corrected chi connectivity index (χ1v) is 6.83. The van der Waals surface area contributed by atoms with Crippen LogP contribution in [-0.2, 0) is 11.3 Å². The van der Waals surface area contributed by atoms with Crippen molar-refractivity contribution in [2.75, 3.05) is 26.2 Å². The third kappa shape index (κ3) is 3.75. The third-order valence-electron chi connectivity index (χ3n) is 3.44. The molecular formula is C14H19N3OS. The molecular weight excluding hydrogens is 258 g/mol. The number of hydrogen-bond donors (Lipinski definition) is 1. The molecule has 0 radical (unpaired) electrons. The molecule has 19 heavy (non-hydrogen) atoms. The first-order valence-electron chi connectivity index (χ1n) is 6.43. The van der Waals surface area contributed by atoms with Gasteiger partial charge in [0, 0.05) is 45.2 Å². The van der Waals surface area contributed by atoms with Crippen LogP contribution >= 0.6 is 12.2 Å². The monoisotopic (exact) mass is 277 g/mol. The van der Waals surface area contributed by atoms with Gasteiger partial charge < -0.3 is 10.6 Å². The molecule has 1 fully saturated rings. The molecule has 2 N–H and O–H groups in total. The quantitative estimate of drug-likeness (QED) is 0.837. The number of thiocarbonyl (C=S) groups is 1. The summed E-state index contributed by atoms with van der Waals surface area (Å²) in [7, 11) is 0. The highest BCUT2D eigenvalue weighted by Gasteiger charge is 2.18. The molecule has 1 aliphatic rings. The van der Waals surface area contributed by atoms with E-state index < -0.39 is 0 Å². The van der Waals surface area contributed by atoms with Gasteiger partial charge in [0.1, 0.15) is 4.99 Å². The fraction of sp³-hybridized carbons (Fsp3) is 0.429. The lowest BCUT2D eigenvalue weighted by Crippen LogP contribution is -2.47. The van der Waals surface area contributed by atoms with Crippen molar-refractivity contribution in [3.63, 3.8) is 0 Å². The Hall–Kier alpha value is -1.46. The number of nitrogens with two attached hydrogens (primary N) is 1. The minimum absolute atomic E-state index is 0.162. The van der Waals surface area contributed by atoms with Gasteiger partial charge >= 0.3 is 0 Å². The van der Waals surface area contributed by atoms with E-state index in [4.69, 9.17) is 18.0 Å². The Labute approximate surface area is 119 Å². The fourth-order valence-corrected chi connectivity index (χ4v) is 2.43. The topological polar surface area (TPSA) is 49.6 Å². The highest BCUT2D eigenvalue weighted by atomic mass is 32.1. The summed E-state index contributed by atoms with van der Waals surface area (Å²) in [6.45, 7) is 5.95. The number of carbonyl (C=O) groups excluding carboxylic acids is 1. The Balaban J connectivity index is 1.94. The van der Waals surface area contributed by atoms with E-state index in [1.54, 1.807) is 6.92 Å². The van der Waals surface area contributed by atoms with Crippen molar-refractivity contribution in [1.82, 2.24) is 9.80 Å². The summed E-state index contributed by atoms with van der Waals surface area (Å²) in [5, 5.41) is 0. The largest absolute Gasteiger partial charge is 0.389 e. The smallest absolute Gasteiger partial charge is 0.219 e. The van der Waals surface area contributed by atoms with Crippen LogP contribution in [0.4, 0.5) is 0 Å². The maximum absolute atomic E-state index is 11.3. The normalized spacial score (nSPS) is 16.4. The number of hydrogen-bond acceptors (Lipinski definition) is 3. The Kier molecular flexibility index (Phi) is 4.50. The van der Waals surface area contributed by atoms with Crippen LogP contribution in [0.1, 0.15) is 18.1 Å². The number of benzene rings is 1. The SMILES string of the molecule is CC(=O)N1CCN(Cc2cccc(C(N)=S)c2)CC1. The molecule has 4 nitrogen and oxygen atoms in total. The zero-order valence-corrected chi connectivity index (χ0v) is 11.9. The summed E-state index contributed by atoms with van der Waals surface area (Å²) in [4.78, 5) is 15.9. The van der Waals surface area contributed by atoms with Gasteiger partial charge in [0.15, 0.2) is 0 Å². The molecule has 5 heteroatoms. The average Bonchev–Trinajstić information content (AvgIpc) is 2.39. The fourth-order valence-electron chi connectivity index (χ4n) is 2.30. The van der Waals surface area contributed by atoms with E-state index in [-0.39, 0.29) is 5.91 Å². The van der Waals surface area contributed by atoms with Crippen molar-refractivity contribution in [2.24, 2.45) is 5.73 Å². The van der Waals surface area contributed by atoms with Crippen LogP contribution in [0.25, 0.3) is 0 Å². The zero-order chi connectivity index (χ0) is 13.8. The van der Waals surface area contributed by atoms with Crippen molar-refractivity contribution < 1.29 is 4.79 Å². The van der Waals surface area contributed by atoms with Gasteiger partial charge in [-0.05, 0) is 11.6 Å².